The highest BCUT2D eigenvalue weighted by Gasteiger charge is 2.20. The molecular weight excluding hydrogens is 268 g/mol. The van der Waals surface area contributed by atoms with Gasteiger partial charge in [0.25, 0.3) is 0 Å². The largest absolute Gasteiger partial charge is 0.497 e. The first-order chi connectivity index (χ1) is 9.78. The molecule has 0 bridgehead atoms. The first-order valence-electron chi connectivity index (χ1n) is 6.80. The van der Waals surface area contributed by atoms with E-state index < -0.39 is 0 Å². The van der Waals surface area contributed by atoms with Crippen molar-refractivity contribution in [1.29, 1.82) is 0 Å². The lowest BCUT2D eigenvalue weighted by atomic mass is 10.1. The number of hydrogen-bond acceptors (Lipinski definition) is 4. The van der Waals surface area contributed by atoms with E-state index >= 15 is 0 Å². The van der Waals surface area contributed by atoms with Gasteiger partial charge in [0.1, 0.15) is 10.8 Å². The SMILES string of the molecule is C=C(c1cccc(OC)c1)c1csc([C@@H]2CCCN2)n1. The maximum atomic E-state index is 5.26. The summed E-state index contributed by atoms with van der Waals surface area (Å²) in [6.45, 7) is 5.27. The van der Waals surface area contributed by atoms with E-state index in [0.29, 0.717) is 6.04 Å². The van der Waals surface area contributed by atoms with Gasteiger partial charge in [-0.25, -0.2) is 4.98 Å². The van der Waals surface area contributed by atoms with Crippen molar-refractivity contribution in [3.8, 4) is 5.75 Å². The quantitative estimate of drug-likeness (QED) is 0.932. The molecule has 1 aromatic heterocycles. The molecule has 1 fully saturated rings. The van der Waals surface area contributed by atoms with Crippen LogP contribution in [0.15, 0.2) is 36.2 Å². The summed E-state index contributed by atoms with van der Waals surface area (Å²) in [4.78, 5) is 4.74. The third-order valence-electron chi connectivity index (χ3n) is 3.61. The zero-order chi connectivity index (χ0) is 13.9. The van der Waals surface area contributed by atoms with Crippen molar-refractivity contribution >= 4 is 16.9 Å². The first-order valence-corrected chi connectivity index (χ1v) is 7.68. The standard InChI is InChI=1S/C16H18N2OS/c1-11(12-5-3-6-13(9-12)19-2)15-10-20-16(18-15)14-7-4-8-17-14/h3,5-6,9-10,14,17H,1,4,7-8H2,2H3/t14-/m0/s1. The Morgan fingerprint density at radius 1 is 1.50 bits per heavy atom. The predicted molar refractivity (Wildman–Crippen MR) is 83.2 cm³/mol. The van der Waals surface area contributed by atoms with E-state index in [1.807, 2.05) is 24.3 Å². The molecule has 4 heteroatoms. The molecule has 0 unspecified atom stereocenters. The summed E-state index contributed by atoms with van der Waals surface area (Å²) in [5.41, 5.74) is 2.97. The highest BCUT2D eigenvalue weighted by Crippen LogP contribution is 2.30. The predicted octanol–water partition coefficient (Wildman–Crippen LogP) is 3.64. The van der Waals surface area contributed by atoms with Crippen molar-refractivity contribution in [3.63, 3.8) is 0 Å². The Morgan fingerprint density at radius 2 is 2.40 bits per heavy atom. The number of thiazole rings is 1. The van der Waals surface area contributed by atoms with Crippen molar-refractivity contribution < 1.29 is 4.74 Å². The van der Waals surface area contributed by atoms with Crippen molar-refractivity contribution in [3.05, 3.63) is 52.5 Å². The van der Waals surface area contributed by atoms with Crippen LogP contribution in [0.4, 0.5) is 0 Å². The second-order valence-corrected chi connectivity index (χ2v) is 5.82. The van der Waals surface area contributed by atoms with Gasteiger partial charge in [-0.15, -0.1) is 11.3 Å². The number of nitrogens with zero attached hydrogens (tertiary/aromatic N) is 1. The number of benzene rings is 1. The van der Waals surface area contributed by atoms with Gasteiger partial charge in [0.15, 0.2) is 0 Å². The van der Waals surface area contributed by atoms with Crippen LogP contribution >= 0.6 is 11.3 Å². The summed E-state index contributed by atoms with van der Waals surface area (Å²) in [5.74, 6) is 0.844. The molecule has 3 rings (SSSR count). The molecule has 0 spiro atoms. The number of hydrogen-bond donors (Lipinski definition) is 1. The number of aromatic nitrogens is 1. The lowest BCUT2D eigenvalue weighted by Gasteiger charge is -2.07. The Kier molecular flexibility index (Phi) is 3.85. The highest BCUT2D eigenvalue weighted by molar-refractivity contribution is 7.09. The van der Waals surface area contributed by atoms with Gasteiger partial charge in [0.2, 0.25) is 0 Å². The van der Waals surface area contributed by atoms with Crippen LogP contribution < -0.4 is 10.1 Å². The Balaban J connectivity index is 1.82. The van der Waals surface area contributed by atoms with Crippen molar-refractivity contribution in [2.45, 2.75) is 18.9 Å². The van der Waals surface area contributed by atoms with E-state index in [4.69, 9.17) is 9.72 Å². The molecule has 1 aliphatic rings. The number of nitrogens with one attached hydrogen (secondary N) is 1. The molecule has 1 N–H and O–H groups in total. The zero-order valence-corrected chi connectivity index (χ0v) is 12.4. The summed E-state index contributed by atoms with van der Waals surface area (Å²) >= 11 is 1.71. The van der Waals surface area contributed by atoms with Crippen LogP contribution in [0.1, 0.15) is 35.1 Å². The fraction of sp³-hybridized carbons (Fsp3) is 0.312. The monoisotopic (exact) mass is 286 g/mol. The van der Waals surface area contributed by atoms with E-state index in [-0.39, 0.29) is 0 Å². The summed E-state index contributed by atoms with van der Waals surface area (Å²) in [7, 11) is 1.68. The molecule has 0 saturated carbocycles. The average Bonchev–Trinajstić information content (AvgIpc) is 3.17. The number of methoxy groups -OCH3 is 1. The van der Waals surface area contributed by atoms with Crippen LogP contribution in [0.3, 0.4) is 0 Å². The van der Waals surface area contributed by atoms with Gasteiger partial charge in [-0.2, -0.15) is 0 Å². The van der Waals surface area contributed by atoms with E-state index in [1.165, 1.54) is 17.8 Å². The van der Waals surface area contributed by atoms with Crippen LogP contribution in [-0.4, -0.2) is 18.6 Å². The van der Waals surface area contributed by atoms with E-state index in [1.54, 1.807) is 18.4 Å². The van der Waals surface area contributed by atoms with Crippen LogP contribution in [0.25, 0.3) is 5.57 Å². The summed E-state index contributed by atoms with van der Waals surface area (Å²) in [5, 5.41) is 6.74. The molecule has 1 atom stereocenters. The smallest absolute Gasteiger partial charge is 0.119 e. The molecule has 2 aromatic rings. The summed E-state index contributed by atoms with van der Waals surface area (Å²) in [6.07, 6.45) is 2.41. The minimum absolute atomic E-state index is 0.423. The normalized spacial score (nSPS) is 18.1. The lowest BCUT2D eigenvalue weighted by molar-refractivity contribution is 0.414. The second-order valence-electron chi connectivity index (χ2n) is 4.93. The Morgan fingerprint density at radius 3 is 3.15 bits per heavy atom. The molecular formula is C16H18N2OS. The fourth-order valence-corrected chi connectivity index (χ4v) is 3.38. The van der Waals surface area contributed by atoms with Crippen molar-refractivity contribution in [1.82, 2.24) is 10.3 Å². The summed E-state index contributed by atoms with van der Waals surface area (Å²) < 4.78 is 5.26. The molecule has 0 radical (unpaired) electrons. The summed E-state index contributed by atoms with van der Waals surface area (Å²) in [6, 6.07) is 8.37. The van der Waals surface area contributed by atoms with E-state index in [9.17, 15) is 0 Å². The maximum Gasteiger partial charge on any atom is 0.119 e. The van der Waals surface area contributed by atoms with Gasteiger partial charge in [0.05, 0.1) is 18.8 Å². The zero-order valence-electron chi connectivity index (χ0n) is 11.6. The van der Waals surface area contributed by atoms with Crippen LogP contribution in [0.5, 0.6) is 5.75 Å². The van der Waals surface area contributed by atoms with Gasteiger partial charge in [-0.05, 0) is 37.1 Å². The molecule has 1 aliphatic heterocycles. The van der Waals surface area contributed by atoms with Gasteiger partial charge >= 0.3 is 0 Å². The minimum Gasteiger partial charge on any atom is -0.497 e. The average molecular weight is 286 g/mol. The third-order valence-corrected chi connectivity index (χ3v) is 4.57. The minimum atomic E-state index is 0.423. The van der Waals surface area contributed by atoms with E-state index in [0.717, 1.165) is 29.1 Å². The van der Waals surface area contributed by atoms with Crippen molar-refractivity contribution in [2.75, 3.05) is 13.7 Å². The molecule has 1 saturated heterocycles. The number of ether oxygens (including phenoxy) is 1. The first kappa shape index (κ1) is 13.3. The molecule has 0 aliphatic carbocycles. The molecule has 2 heterocycles. The molecule has 104 valence electrons. The van der Waals surface area contributed by atoms with Gasteiger partial charge in [-0.3, -0.25) is 0 Å². The van der Waals surface area contributed by atoms with Crippen LogP contribution in [-0.2, 0) is 0 Å². The number of rotatable bonds is 4. The second kappa shape index (κ2) is 5.77. The van der Waals surface area contributed by atoms with Gasteiger partial charge in [0, 0.05) is 11.0 Å². The van der Waals surface area contributed by atoms with Crippen LogP contribution in [0, 0.1) is 0 Å². The van der Waals surface area contributed by atoms with E-state index in [2.05, 4.69) is 17.3 Å². The van der Waals surface area contributed by atoms with Crippen molar-refractivity contribution in [2.24, 2.45) is 0 Å². The fourth-order valence-electron chi connectivity index (χ4n) is 2.44. The molecule has 20 heavy (non-hydrogen) atoms. The van der Waals surface area contributed by atoms with Crippen LogP contribution in [0.2, 0.25) is 0 Å². The highest BCUT2D eigenvalue weighted by atomic mass is 32.1. The lowest BCUT2D eigenvalue weighted by Crippen LogP contribution is -2.12. The molecule has 1 aromatic carbocycles. The Bertz CT molecular complexity index is 614. The Labute approximate surface area is 123 Å². The third kappa shape index (κ3) is 2.62. The molecule has 0 amide bonds. The topological polar surface area (TPSA) is 34.1 Å². The molecule has 3 nitrogen and oxygen atoms in total. The van der Waals surface area contributed by atoms with Gasteiger partial charge < -0.3 is 10.1 Å². The van der Waals surface area contributed by atoms with Gasteiger partial charge in [-0.1, -0.05) is 18.7 Å². The Hall–Kier alpha value is -1.65. The maximum absolute atomic E-state index is 5.26.